The van der Waals surface area contributed by atoms with Crippen LogP contribution in [0.25, 0.3) is 0 Å². The van der Waals surface area contributed by atoms with E-state index >= 15 is 0 Å². The van der Waals surface area contributed by atoms with Crippen molar-refractivity contribution in [3.63, 3.8) is 0 Å². The van der Waals surface area contributed by atoms with E-state index in [4.69, 9.17) is 9.84 Å². The summed E-state index contributed by atoms with van der Waals surface area (Å²) in [7, 11) is 0. The van der Waals surface area contributed by atoms with Gasteiger partial charge in [-0.15, -0.1) is 0 Å². The molecule has 2 aromatic rings. The van der Waals surface area contributed by atoms with Crippen LogP contribution in [-0.4, -0.2) is 11.7 Å². The zero-order valence-electron chi connectivity index (χ0n) is 11.2. The quantitative estimate of drug-likeness (QED) is 0.857. The van der Waals surface area contributed by atoms with Gasteiger partial charge in [-0.2, -0.15) is 0 Å². The maximum atomic E-state index is 8.99. The molecule has 2 nitrogen and oxygen atoms in total. The summed E-state index contributed by atoms with van der Waals surface area (Å²) in [6, 6.07) is 17.2. The van der Waals surface area contributed by atoms with E-state index in [9.17, 15) is 0 Å². The molecule has 0 heterocycles. The number of hydrogen-bond acceptors (Lipinski definition) is 2. The van der Waals surface area contributed by atoms with Gasteiger partial charge in [0.1, 0.15) is 5.75 Å². The fourth-order valence-corrected chi connectivity index (χ4v) is 1.84. The molecule has 0 aliphatic rings. The lowest BCUT2D eigenvalue weighted by molar-refractivity contribution is 0.282. The highest BCUT2D eigenvalue weighted by Crippen LogP contribution is 2.15. The lowest BCUT2D eigenvalue weighted by Crippen LogP contribution is -1.95. The predicted molar refractivity (Wildman–Crippen MR) is 76.2 cm³/mol. The van der Waals surface area contributed by atoms with Crippen LogP contribution >= 0.6 is 0 Å². The second-order valence-electron chi connectivity index (χ2n) is 4.55. The van der Waals surface area contributed by atoms with Crippen LogP contribution in [0.5, 0.6) is 5.75 Å². The first-order chi connectivity index (χ1) is 9.31. The normalized spacial score (nSPS) is 10.4. The zero-order valence-corrected chi connectivity index (χ0v) is 11.2. The first-order valence-corrected chi connectivity index (χ1v) is 6.64. The molecule has 0 aromatic heterocycles. The molecule has 2 heteroatoms. The Hall–Kier alpha value is -1.80. The number of aliphatic hydroxyl groups excluding tert-OH is 1. The minimum absolute atomic E-state index is 0.0697. The number of ether oxygens (including phenoxy) is 1. The molecule has 0 fully saturated rings. The molecule has 0 aliphatic carbocycles. The molecule has 0 amide bonds. The van der Waals surface area contributed by atoms with Crippen LogP contribution in [0.3, 0.4) is 0 Å². The molecule has 1 N–H and O–H groups in total. The summed E-state index contributed by atoms with van der Waals surface area (Å²) in [4.78, 5) is 0. The molecule has 0 unspecified atom stereocenters. The van der Waals surface area contributed by atoms with Crippen LogP contribution in [0.4, 0.5) is 0 Å². The van der Waals surface area contributed by atoms with Gasteiger partial charge in [-0.3, -0.25) is 0 Å². The summed E-state index contributed by atoms with van der Waals surface area (Å²) in [6.45, 7) is 2.93. The lowest BCUT2D eigenvalue weighted by Gasteiger charge is -2.06. The zero-order chi connectivity index (χ0) is 13.5. The van der Waals surface area contributed by atoms with Gasteiger partial charge in [-0.1, -0.05) is 31.2 Å². The van der Waals surface area contributed by atoms with Crippen molar-refractivity contribution >= 4 is 0 Å². The molecule has 0 aliphatic heterocycles. The molecule has 0 atom stereocenters. The fourth-order valence-electron chi connectivity index (χ4n) is 1.84. The summed E-state index contributed by atoms with van der Waals surface area (Å²) < 4.78 is 5.56. The van der Waals surface area contributed by atoms with Gasteiger partial charge in [0.15, 0.2) is 0 Å². The second-order valence-corrected chi connectivity index (χ2v) is 4.55. The Kier molecular flexibility index (Phi) is 4.99. The first-order valence-electron chi connectivity index (χ1n) is 6.64. The molecular weight excluding hydrogens is 236 g/mol. The van der Waals surface area contributed by atoms with Crippen molar-refractivity contribution < 1.29 is 9.84 Å². The van der Waals surface area contributed by atoms with E-state index in [0.29, 0.717) is 0 Å². The van der Waals surface area contributed by atoms with E-state index in [1.165, 1.54) is 5.56 Å². The van der Waals surface area contributed by atoms with Crippen LogP contribution in [0.2, 0.25) is 0 Å². The van der Waals surface area contributed by atoms with E-state index in [1.54, 1.807) is 0 Å². The van der Waals surface area contributed by atoms with Gasteiger partial charge in [0.2, 0.25) is 0 Å². The fraction of sp³-hybridized carbons (Fsp3) is 0.294. The van der Waals surface area contributed by atoms with E-state index in [-0.39, 0.29) is 6.61 Å². The summed E-state index contributed by atoms with van der Waals surface area (Å²) >= 11 is 0. The second kappa shape index (κ2) is 6.95. The van der Waals surface area contributed by atoms with Crippen LogP contribution in [0.1, 0.15) is 30.0 Å². The van der Waals surface area contributed by atoms with Crippen LogP contribution in [0, 0.1) is 6.07 Å². The van der Waals surface area contributed by atoms with E-state index < -0.39 is 0 Å². The Balaban J connectivity index is 1.98. The lowest BCUT2D eigenvalue weighted by atomic mass is 10.0. The third-order valence-electron chi connectivity index (χ3n) is 2.91. The SMILES string of the molecule is CCCOc1ccc(Cc2[c]cc(CO)cc2)cc1. The van der Waals surface area contributed by atoms with Gasteiger partial charge in [-0.25, -0.2) is 0 Å². The van der Waals surface area contributed by atoms with Crippen molar-refractivity contribution in [3.05, 3.63) is 65.2 Å². The van der Waals surface area contributed by atoms with Gasteiger partial charge in [-0.05, 0) is 53.8 Å². The Labute approximate surface area is 114 Å². The van der Waals surface area contributed by atoms with Gasteiger partial charge < -0.3 is 9.84 Å². The third kappa shape index (κ3) is 4.11. The molecular formula is C17H19O2. The number of rotatable bonds is 6. The highest BCUT2D eigenvalue weighted by atomic mass is 16.5. The van der Waals surface area contributed by atoms with Crippen molar-refractivity contribution in [2.24, 2.45) is 0 Å². The summed E-state index contributed by atoms with van der Waals surface area (Å²) in [5, 5.41) is 8.99. The Bertz CT molecular complexity index is 486. The number of benzene rings is 2. The molecule has 2 aromatic carbocycles. The average Bonchev–Trinajstić information content (AvgIpc) is 2.47. The van der Waals surface area contributed by atoms with Gasteiger partial charge in [0.25, 0.3) is 0 Å². The number of aliphatic hydroxyl groups is 1. The maximum Gasteiger partial charge on any atom is 0.119 e. The largest absolute Gasteiger partial charge is 0.494 e. The minimum Gasteiger partial charge on any atom is -0.494 e. The van der Waals surface area contributed by atoms with Crippen LogP contribution < -0.4 is 4.74 Å². The first kappa shape index (κ1) is 13.6. The standard InChI is InChI=1S/C17H19O2/c1-2-11-19-17-9-7-15(8-10-17)12-14-3-5-16(13-18)6-4-14/h3,5-10,18H,2,11-13H2,1H3. The van der Waals surface area contributed by atoms with E-state index in [2.05, 4.69) is 25.1 Å². The molecule has 0 saturated heterocycles. The summed E-state index contributed by atoms with van der Waals surface area (Å²) in [5.41, 5.74) is 3.25. The van der Waals surface area contributed by atoms with E-state index in [0.717, 1.165) is 36.3 Å². The molecule has 19 heavy (non-hydrogen) atoms. The average molecular weight is 255 g/mol. The number of hydrogen-bond donors (Lipinski definition) is 1. The van der Waals surface area contributed by atoms with E-state index in [1.807, 2.05) is 30.3 Å². The van der Waals surface area contributed by atoms with Crippen molar-refractivity contribution in [1.82, 2.24) is 0 Å². The Morgan fingerprint density at radius 1 is 1.05 bits per heavy atom. The molecule has 0 bridgehead atoms. The minimum atomic E-state index is 0.0697. The predicted octanol–water partition coefficient (Wildman–Crippen LogP) is 3.36. The van der Waals surface area contributed by atoms with Crippen molar-refractivity contribution in [2.75, 3.05) is 6.61 Å². The highest BCUT2D eigenvalue weighted by Gasteiger charge is 1.99. The highest BCUT2D eigenvalue weighted by molar-refractivity contribution is 5.32. The van der Waals surface area contributed by atoms with Crippen LogP contribution in [-0.2, 0) is 13.0 Å². The summed E-state index contributed by atoms with van der Waals surface area (Å²) in [5.74, 6) is 0.921. The molecule has 99 valence electrons. The monoisotopic (exact) mass is 255 g/mol. The molecule has 0 saturated carbocycles. The topological polar surface area (TPSA) is 29.5 Å². The molecule has 1 radical (unpaired) electrons. The summed E-state index contributed by atoms with van der Waals surface area (Å²) in [6.07, 6.45) is 1.87. The Morgan fingerprint density at radius 2 is 1.79 bits per heavy atom. The maximum absolute atomic E-state index is 8.99. The molecule has 0 spiro atoms. The van der Waals surface area contributed by atoms with Crippen LogP contribution in [0.15, 0.2) is 42.5 Å². The molecule has 2 rings (SSSR count). The van der Waals surface area contributed by atoms with Gasteiger partial charge in [0, 0.05) is 0 Å². The van der Waals surface area contributed by atoms with Crippen molar-refractivity contribution in [1.29, 1.82) is 0 Å². The van der Waals surface area contributed by atoms with Gasteiger partial charge in [0.05, 0.1) is 13.2 Å². The van der Waals surface area contributed by atoms with Crippen molar-refractivity contribution in [3.8, 4) is 5.75 Å². The Morgan fingerprint density at radius 3 is 2.37 bits per heavy atom. The third-order valence-corrected chi connectivity index (χ3v) is 2.91. The van der Waals surface area contributed by atoms with Crippen molar-refractivity contribution in [2.45, 2.75) is 26.4 Å². The van der Waals surface area contributed by atoms with Gasteiger partial charge >= 0.3 is 0 Å². The smallest absolute Gasteiger partial charge is 0.119 e.